The van der Waals surface area contributed by atoms with Gasteiger partial charge in [-0.05, 0) is 54.1 Å². The van der Waals surface area contributed by atoms with Gasteiger partial charge in [-0.1, -0.05) is 30.3 Å². The second kappa shape index (κ2) is 8.50. The number of nitrogens with one attached hydrogen (secondary N) is 1. The average molecular weight is 342 g/mol. The van der Waals surface area contributed by atoms with Crippen LogP contribution in [0.25, 0.3) is 0 Å². The van der Waals surface area contributed by atoms with Crippen LogP contribution in [0.5, 0.6) is 5.75 Å². The van der Waals surface area contributed by atoms with Crippen LogP contribution >= 0.6 is 0 Å². The van der Waals surface area contributed by atoms with Crippen LogP contribution in [-0.2, 0) is 6.42 Å². The smallest absolute Gasteiger partial charge is 0.255 e. The molecule has 0 spiro atoms. The van der Waals surface area contributed by atoms with E-state index in [0.29, 0.717) is 23.4 Å². The van der Waals surface area contributed by atoms with Crippen LogP contribution in [0.3, 0.4) is 0 Å². The summed E-state index contributed by atoms with van der Waals surface area (Å²) in [7, 11) is 0. The third-order valence-corrected chi connectivity index (χ3v) is 3.89. The molecule has 0 bridgehead atoms. The zero-order chi connectivity index (χ0) is 18.2. The van der Waals surface area contributed by atoms with Crippen molar-refractivity contribution in [2.75, 3.05) is 11.9 Å². The number of hydrogen-bond donors (Lipinski definition) is 1. The molecule has 1 amide bonds. The lowest BCUT2D eigenvalue weighted by molar-refractivity contribution is 0.102. The Morgan fingerprint density at radius 1 is 0.923 bits per heavy atom. The first kappa shape index (κ1) is 17.2. The molecule has 0 aliphatic heterocycles. The number of anilines is 1. The summed E-state index contributed by atoms with van der Waals surface area (Å²) in [5.74, 6) is 0.529. The fourth-order valence-corrected chi connectivity index (χ4v) is 2.47. The number of carbonyl (C=O) groups excluding carboxylic acids is 1. The average Bonchev–Trinajstić information content (AvgIpc) is 2.70. The maximum Gasteiger partial charge on any atom is 0.255 e. The third-order valence-electron chi connectivity index (χ3n) is 3.89. The standard InChI is InChI=1S/C22H18N2O2/c23-16-18-6-10-20(11-7-18)24-22(25)19-8-12-21(13-9-19)26-15-14-17-4-2-1-3-5-17/h1-13H,14-15H2,(H,24,25). The number of rotatable bonds is 6. The van der Waals surface area contributed by atoms with E-state index in [1.807, 2.05) is 24.3 Å². The van der Waals surface area contributed by atoms with Crippen LogP contribution in [0.15, 0.2) is 78.9 Å². The SMILES string of the molecule is N#Cc1ccc(NC(=O)c2ccc(OCCc3ccccc3)cc2)cc1. The molecule has 128 valence electrons. The highest BCUT2D eigenvalue weighted by molar-refractivity contribution is 6.04. The van der Waals surface area contributed by atoms with Crippen molar-refractivity contribution >= 4 is 11.6 Å². The molecule has 0 atom stereocenters. The van der Waals surface area contributed by atoms with E-state index in [1.165, 1.54) is 5.56 Å². The van der Waals surface area contributed by atoms with Gasteiger partial charge in [0.05, 0.1) is 18.2 Å². The Morgan fingerprint density at radius 3 is 2.27 bits per heavy atom. The van der Waals surface area contributed by atoms with E-state index in [-0.39, 0.29) is 5.91 Å². The van der Waals surface area contributed by atoms with Crippen LogP contribution in [0.2, 0.25) is 0 Å². The molecule has 0 saturated heterocycles. The molecular formula is C22H18N2O2. The molecule has 1 N–H and O–H groups in total. The van der Waals surface area contributed by atoms with Gasteiger partial charge >= 0.3 is 0 Å². The number of nitriles is 1. The molecule has 0 fully saturated rings. The summed E-state index contributed by atoms with van der Waals surface area (Å²) in [6.45, 7) is 0.584. The highest BCUT2D eigenvalue weighted by atomic mass is 16.5. The van der Waals surface area contributed by atoms with Crippen LogP contribution in [0.4, 0.5) is 5.69 Å². The summed E-state index contributed by atoms with van der Waals surface area (Å²) in [6, 6.07) is 26.0. The first-order chi connectivity index (χ1) is 12.7. The lowest BCUT2D eigenvalue weighted by atomic mass is 10.1. The van der Waals surface area contributed by atoms with E-state index in [0.717, 1.165) is 12.2 Å². The summed E-state index contributed by atoms with van der Waals surface area (Å²) in [6.07, 6.45) is 0.835. The van der Waals surface area contributed by atoms with Crippen molar-refractivity contribution in [2.45, 2.75) is 6.42 Å². The van der Waals surface area contributed by atoms with Crippen molar-refractivity contribution in [1.82, 2.24) is 0 Å². The monoisotopic (exact) mass is 342 g/mol. The summed E-state index contributed by atoms with van der Waals surface area (Å²) in [5, 5.41) is 11.6. The second-order valence-electron chi connectivity index (χ2n) is 5.75. The van der Waals surface area contributed by atoms with Gasteiger partial charge in [-0.2, -0.15) is 5.26 Å². The normalized spacial score (nSPS) is 9.96. The van der Waals surface area contributed by atoms with Gasteiger partial charge in [-0.3, -0.25) is 4.79 Å². The van der Waals surface area contributed by atoms with Crippen molar-refractivity contribution in [1.29, 1.82) is 5.26 Å². The summed E-state index contributed by atoms with van der Waals surface area (Å²) in [5.41, 5.74) is 2.98. The quantitative estimate of drug-likeness (QED) is 0.721. The van der Waals surface area contributed by atoms with Gasteiger partial charge < -0.3 is 10.1 Å². The zero-order valence-corrected chi connectivity index (χ0v) is 14.2. The Labute approximate surface area is 152 Å². The molecule has 26 heavy (non-hydrogen) atoms. The van der Waals surface area contributed by atoms with Crippen molar-refractivity contribution < 1.29 is 9.53 Å². The van der Waals surface area contributed by atoms with E-state index < -0.39 is 0 Å². The molecule has 0 unspecified atom stereocenters. The summed E-state index contributed by atoms with van der Waals surface area (Å²) >= 11 is 0. The molecular weight excluding hydrogens is 324 g/mol. The Balaban J connectivity index is 1.53. The molecule has 0 aliphatic carbocycles. The highest BCUT2D eigenvalue weighted by Crippen LogP contribution is 2.15. The first-order valence-electron chi connectivity index (χ1n) is 8.33. The van der Waals surface area contributed by atoms with Gasteiger partial charge in [0, 0.05) is 17.7 Å². The number of amides is 1. The third kappa shape index (κ3) is 4.71. The van der Waals surface area contributed by atoms with Gasteiger partial charge in [0.2, 0.25) is 0 Å². The molecule has 3 aromatic carbocycles. The Hall–Kier alpha value is -3.58. The maximum atomic E-state index is 12.3. The molecule has 0 radical (unpaired) electrons. The number of carbonyl (C=O) groups is 1. The molecule has 0 saturated carbocycles. The highest BCUT2D eigenvalue weighted by Gasteiger charge is 2.06. The van der Waals surface area contributed by atoms with Gasteiger partial charge in [-0.25, -0.2) is 0 Å². The minimum atomic E-state index is -0.203. The number of hydrogen-bond acceptors (Lipinski definition) is 3. The van der Waals surface area contributed by atoms with Gasteiger partial charge in [0.1, 0.15) is 5.75 Å². The Morgan fingerprint density at radius 2 is 1.62 bits per heavy atom. The first-order valence-corrected chi connectivity index (χ1v) is 8.33. The molecule has 0 aliphatic rings. The van der Waals surface area contributed by atoms with Crippen LogP contribution < -0.4 is 10.1 Å². The molecule has 4 heteroatoms. The summed E-state index contributed by atoms with van der Waals surface area (Å²) < 4.78 is 5.73. The van der Waals surface area contributed by atoms with Gasteiger partial charge in [0.25, 0.3) is 5.91 Å². The van der Waals surface area contributed by atoms with Crippen LogP contribution in [0.1, 0.15) is 21.5 Å². The van der Waals surface area contributed by atoms with E-state index >= 15 is 0 Å². The predicted octanol–water partition coefficient (Wildman–Crippen LogP) is 4.43. The van der Waals surface area contributed by atoms with Crippen molar-refractivity contribution in [3.05, 3.63) is 95.6 Å². The van der Waals surface area contributed by atoms with Crippen molar-refractivity contribution in [3.63, 3.8) is 0 Å². The largest absolute Gasteiger partial charge is 0.493 e. The fourth-order valence-electron chi connectivity index (χ4n) is 2.47. The van der Waals surface area contributed by atoms with E-state index in [1.54, 1.807) is 48.5 Å². The van der Waals surface area contributed by atoms with Gasteiger partial charge in [-0.15, -0.1) is 0 Å². The summed E-state index contributed by atoms with van der Waals surface area (Å²) in [4.78, 5) is 12.3. The zero-order valence-electron chi connectivity index (χ0n) is 14.2. The van der Waals surface area contributed by atoms with E-state index in [4.69, 9.17) is 10.00 Å². The number of nitrogens with zero attached hydrogens (tertiary/aromatic N) is 1. The molecule has 3 rings (SSSR count). The van der Waals surface area contributed by atoms with Crippen LogP contribution in [-0.4, -0.2) is 12.5 Å². The lowest BCUT2D eigenvalue weighted by Crippen LogP contribution is -2.11. The molecule has 0 heterocycles. The Kier molecular flexibility index (Phi) is 5.64. The Bertz CT molecular complexity index is 896. The minimum Gasteiger partial charge on any atom is -0.493 e. The van der Waals surface area contributed by atoms with E-state index in [2.05, 4.69) is 17.4 Å². The second-order valence-corrected chi connectivity index (χ2v) is 5.75. The molecule has 3 aromatic rings. The van der Waals surface area contributed by atoms with Gasteiger partial charge in [0.15, 0.2) is 0 Å². The maximum absolute atomic E-state index is 12.3. The number of benzene rings is 3. The number of ether oxygens (including phenoxy) is 1. The van der Waals surface area contributed by atoms with Crippen LogP contribution in [0, 0.1) is 11.3 Å². The molecule has 0 aromatic heterocycles. The molecule has 4 nitrogen and oxygen atoms in total. The van der Waals surface area contributed by atoms with E-state index in [9.17, 15) is 4.79 Å². The fraction of sp³-hybridized carbons (Fsp3) is 0.0909. The van der Waals surface area contributed by atoms with Crippen molar-refractivity contribution in [3.8, 4) is 11.8 Å². The minimum absolute atomic E-state index is 0.203. The predicted molar refractivity (Wildman–Crippen MR) is 101 cm³/mol. The lowest BCUT2D eigenvalue weighted by Gasteiger charge is -2.08. The topological polar surface area (TPSA) is 62.1 Å². The van der Waals surface area contributed by atoms with Crippen molar-refractivity contribution in [2.24, 2.45) is 0 Å².